The summed E-state index contributed by atoms with van der Waals surface area (Å²) in [6, 6.07) is 44.9. The third-order valence-electron chi connectivity index (χ3n) is 7.66. The van der Waals surface area contributed by atoms with Gasteiger partial charge in [0.15, 0.2) is 0 Å². The normalized spacial score (nSPS) is 11.5. The monoisotopic (exact) mass is 527 g/mol. The van der Waals surface area contributed by atoms with Crippen molar-refractivity contribution in [3.63, 3.8) is 0 Å². The van der Waals surface area contributed by atoms with Crippen LogP contribution in [0.2, 0.25) is 0 Å². The van der Waals surface area contributed by atoms with Crippen molar-refractivity contribution in [1.29, 1.82) is 0 Å². The van der Waals surface area contributed by atoms with Gasteiger partial charge < -0.3 is 14.7 Å². The molecule has 0 aliphatic carbocycles. The first kappa shape index (κ1) is 27.4. The van der Waals surface area contributed by atoms with Gasteiger partial charge >= 0.3 is 0 Å². The van der Waals surface area contributed by atoms with Crippen LogP contribution in [0.4, 0.5) is 0 Å². The average molecular weight is 528 g/mol. The van der Waals surface area contributed by atoms with E-state index in [4.69, 9.17) is 4.74 Å². The highest BCUT2D eigenvalue weighted by molar-refractivity contribution is 5.66. The van der Waals surface area contributed by atoms with Crippen LogP contribution in [0.15, 0.2) is 133 Å². The standard InChI is InChI=1S/C37H37NO2/c1-3-38(4-2)27-28-40-36-25-23-35(24-26-36)37(39,33-19-15-31(16-20-33)29-11-7-5-8-12-29)34-21-17-32(18-22-34)30-13-9-6-10-14-30/h5-26,39H,3-4,27-28H2,1-2H3. The first-order valence-electron chi connectivity index (χ1n) is 14.1. The molecule has 0 spiro atoms. The van der Waals surface area contributed by atoms with Crippen LogP contribution in [-0.4, -0.2) is 36.2 Å². The van der Waals surface area contributed by atoms with E-state index in [1.54, 1.807) is 0 Å². The lowest BCUT2D eigenvalue weighted by atomic mass is 9.79. The van der Waals surface area contributed by atoms with Crippen LogP contribution < -0.4 is 4.74 Å². The van der Waals surface area contributed by atoms with Gasteiger partial charge in [0.05, 0.1) is 0 Å². The van der Waals surface area contributed by atoms with Gasteiger partial charge in [0.25, 0.3) is 0 Å². The van der Waals surface area contributed by atoms with E-state index >= 15 is 0 Å². The zero-order valence-corrected chi connectivity index (χ0v) is 23.3. The fraction of sp³-hybridized carbons (Fsp3) is 0.189. The maximum atomic E-state index is 12.5. The topological polar surface area (TPSA) is 32.7 Å². The molecule has 0 radical (unpaired) electrons. The highest BCUT2D eigenvalue weighted by Crippen LogP contribution is 2.39. The molecule has 0 heterocycles. The molecule has 0 unspecified atom stereocenters. The molecule has 1 N–H and O–H groups in total. The Kier molecular flexibility index (Phi) is 8.75. The van der Waals surface area contributed by atoms with Crippen molar-refractivity contribution in [2.24, 2.45) is 0 Å². The lowest BCUT2D eigenvalue weighted by molar-refractivity contribution is 0.125. The molecule has 5 aromatic rings. The van der Waals surface area contributed by atoms with Crippen LogP contribution >= 0.6 is 0 Å². The van der Waals surface area contributed by atoms with E-state index in [0.717, 1.165) is 64.3 Å². The molecule has 0 aliphatic heterocycles. The van der Waals surface area contributed by atoms with Gasteiger partial charge in [-0.15, -0.1) is 0 Å². The summed E-state index contributed by atoms with van der Waals surface area (Å²) in [5.74, 6) is 0.803. The van der Waals surface area contributed by atoms with Crippen molar-refractivity contribution in [3.8, 4) is 28.0 Å². The average Bonchev–Trinajstić information content (AvgIpc) is 3.04. The van der Waals surface area contributed by atoms with E-state index in [0.29, 0.717) is 6.61 Å². The molecule has 0 fully saturated rings. The van der Waals surface area contributed by atoms with E-state index < -0.39 is 5.60 Å². The Bertz CT molecular complexity index is 1380. The Morgan fingerprint density at radius 3 is 1.30 bits per heavy atom. The van der Waals surface area contributed by atoms with Gasteiger partial charge in [-0.05, 0) is 64.2 Å². The number of rotatable bonds is 11. The molecule has 0 aliphatic rings. The number of likely N-dealkylation sites (N-methyl/N-ethyl adjacent to an activating group) is 1. The molecule has 0 saturated carbocycles. The predicted molar refractivity (Wildman–Crippen MR) is 166 cm³/mol. The molecule has 0 atom stereocenters. The quantitative estimate of drug-likeness (QED) is 0.177. The lowest BCUT2D eigenvalue weighted by Gasteiger charge is -2.31. The van der Waals surface area contributed by atoms with Crippen LogP contribution in [0.25, 0.3) is 22.3 Å². The van der Waals surface area contributed by atoms with Gasteiger partial charge in [-0.3, -0.25) is 0 Å². The summed E-state index contributed by atoms with van der Waals surface area (Å²) in [4.78, 5) is 2.34. The van der Waals surface area contributed by atoms with E-state index in [2.05, 4.69) is 67.3 Å². The highest BCUT2D eigenvalue weighted by atomic mass is 16.5. The van der Waals surface area contributed by atoms with Crippen molar-refractivity contribution in [1.82, 2.24) is 4.90 Å². The second-order valence-corrected chi connectivity index (χ2v) is 10.00. The van der Waals surface area contributed by atoms with Crippen LogP contribution in [0.5, 0.6) is 5.75 Å². The molecular formula is C37H37NO2. The van der Waals surface area contributed by atoms with Gasteiger partial charge in [-0.2, -0.15) is 0 Å². The molecule has 3 nitrogen and oxygen atoms in total. The van der Waals surface area contributed by atoms with Gasteiger partial charge in [-0.1, -0.05) is 135 Å². The Labute approximate surface area is 238 Å². The summed E-state index contributed by atoms with van der Waals surface area (Å²) in [6.45, 7) is 7.87. The number of hydrogen-bond acceptors (Lipinski definition) is 3. The maximum Gasteiger partial charge on any atom is 0.140 e. The van der Waals surface area contributed by atoms with Crippen molar-refractivity contribution < 1.29 is 9.84 Å². The Morgan fingerprint density at radius 2 is 0.900 bits per heavy atom. The van der Waals surface area contributed by atoms with Gasteiger partial charge in [-0.25, -0.2) is 0 Å². The van der Waals surface area contributed by atoms with Crippen LogP contribution in [0, 0.1) is 0 Å². The molecular weight excluding hydrogens is 490 g/mol. The lowest BCUT2D eigenvalue weighted by Crippen LogP contribution is -2.29. The third kappa shape index (κ3) is 6.02. The van der Waals surface area contributed by atoms with Crippen LogP contribution in [0.1, 0.15) is 30.5 Å². The summed E-state index contributed by atoms with van der Waals surface area (Å²) in [7, 11) is 0. The maximum absolute atomic E-state index is 12.5. The number of ether oxygens (including phenoxy) is 1. The summed E-state index contributed by atoms with van der Waals surface area (Å²) in [6.07, 6.45) is 0. The first-order chi connectivity index (χ1) is 19.6. The molecule has 0 saturated heterocycles. The van der Waals surface area contributed by atoms with E-state index in [1.807, 2.05) is 84.9 Å². The zero-order valence-electron chi connectivity index (χ0n) is 23.3. The molecule has 5 rings (SSSR count). The van der Waals surface area contributed by atoms with Gasteiger partial charge in [0, 0.05) is 6.54 Å². The van der Waals surface area contributed by atoms with Crippen LogP contribution in [0.3, 0.4) is 0 Å². The predicted octanol–water partition coefficient (Wildman–Crippen LogP) is 8.03. The minimum absolute atomic E-state index is 0.632. The first-order valence-corrected chi connectivity index (χ1v) is 14.1. The SMILES string of the molecule is CCN(CC)CCOc1ccc(C(O)(c2ccc(-c3ccccc3)cc2)c2ccc(-c3ccccc3)cc2)cc1. The molecule has 40 heavy (non-hydrogen) atoms. The van der Waals surface area contributed by atoms with Crippen molar-refractivity contribution in [2.75, 3.05) is 26.2 Å². The number of benzene rings is 5. The number of nitrogens with zero attached hydrogens (tertiary/aromatic N) is 1. The fourth-order valence-electron chi connectivity index (χ4n) is 5.19. The number of aliphatic hydroxyl groups is 1. The van der Waals surface area contributed by atoms with E-state index in [1.165, 1.54) is 0 Å². The minimum atomic E-state index is -1.33. The molecule has 0 amide bonds. The van der Waals surface area contributed by atoms with Crippen LogP contribution in [-0.2, 0) is 5.60 Å². The Hall–Kier alpha value is -4.18. The highest BCUT2D eigenvalue weighted by Gasteiger charge is 2.34. The molecule has 202 valence electrons. The second-order valence-electron chi connectivity index (χ2n) is 10.00. The Morgan fingerprint density at radius 1 is 0.525 bits per heavy atom. The summed E-state index contributed by atoms with van der Waals surface area (Å²) >= 11 is 0. The molecule has 3 heteroatoms. The van der Waals surface area contributed by atoms with E-state index in [-0.39, 0.29) is 0 Å². The summed E-state index contributed by atoms with van der Waals surface area (Å²) < 4.78 is 6.03. The fourth-order valence-corrected chi connectivity index (χ4v) is 5.19. The van der Waals surface area contributed by atoms with Crippen molar-refractivity contribution in [2.45, 2.75) is 19.4 Å². The number of hydrogen-bond donors (Lipinski definition) is 1. The Balaban J connectivity index is 1.47. The largest absolute Gasteiger partial charge is 0.492 e. The van der Waals surface area contributed by atoms with Gasteiger partial charge in [0.2, 0.25) is 0 Å². The smallest absolute Gasteiger partial charge is 0.140 e. The molecule has 0 aromatic heterocycles. The third-order valence-corrected chi connectivity index (χ3v) is 7.66. The van der Waals surface area contributed by atoms with Crippen molar-refractivity contribution in [3.05, 3.63) is 150 Å². The van der Waals surface area contributed by atoms with E-state index in [9.17, 15) is 5.11 Å². The second kappa shape index (κ2) is 12.8. The summed E-state index contributed by atoms with van der Waals surface area (Å²) in [5.41, 5.74) is 5.62. The van der Waals surface area contributed by atoms with Gasteiger partial charge in [0.1, 0.15) is 18.0 Å². The molecule has 0 bridgehead atoms. The minimum Gasteiger partial charge on any atom is -0.492 e. The summed E-state index contributed by atoms with van der Waals surface area (Å²) in [5, 5.41) is 12.5. The zero-order chi connectivity index (χ0) is 27.8. The molecule has 5 aromatic carbocycles. The van der Waals surface area contributed by atoms with Crippen molar-refractivity contribution >= 4 is 0 Å².